The summed E-state index contributed by atoms with van der Waals surface area (Å²) in [6.07, 6.45) is 8.41. The average molecular weight is 584 g/mol. The molecule has 0 spiro atoms. The summed E-state index contributed by atoms with van der Waals surface area (Å²) in [5.74, 6) is 2.69. The fraction of sp³-hybridized carbons (Fsp3) is 0.622. The van der Waals surface area contributed by atoms with Crippen molar-refractivity contribution in [2.75, 3.05) is 13.2 Å². The molecule has 0 saturated heterocycles. The van der Waals surface area contributed by atoms with Gasteiger partial charge in [-0.3, -0.25) is 0 Å². The summed E-state index contributed by atoms with van der Waals surface area (Å²) in [5, 5.41) is 6.84. The van der Waals surface area contributed by atoms with E-state index in [4.69, 9.17) is 4.43 Å². The molecule has 3 saturated carbocycles. The standard InChI is InChI=1S/C37H53N3OSi/c1-27-20-22-37(7,29(24-27)25-39-40-38)34-21-23-36(6)28(2)18-19-33(36)32(34)26-41-42(35(3,4)5,30-14-10-8-11-15-30)31-16-12-9-13-17-31/h8-17,27,29,32-34H,2,18-26H2,1,3-7H3/t27-,29+,32-,33-,34-,36+,37-/m0/s1. The van der Waals surface area contributed by atoms with Crippen LogP contribution in [0.25, 0.3) is 10.4 Å². The molecule has 4 nitrogen and oxygen atoms in total. The minimum Gasteiger partial charge on any atom is -0.407 e. The van der Waals surface area contributed by atoms with Crippen molar-refractivity contribution in [2.45, 2.75) is 91.5 Å². The van der Waals surface area contributed by atoms with Crippen LogP contribution in [0, 0.1) is 40.4 Å². The third-order valence-corrected chi connectivity index (χ3v) is 17.3. The van der Waals surface area contributed by atoms with E-state index in [0.717, 1.165) is 19.4 Å². The van der Waals surface area contributed by atoms with Crippen LogP contribution >= 0.6 is 0 Å². The molecule has 2 aromatic rings. The maximum Gasteiger partial charge on any atom is 0.261 e. The monoisotopic (exact) mass is 583 g/mol. The first kappa shape index (κ1) is 31.1. The van der Waals surface area contributed by atoms with E-state index in [1.165, 1.54) is 48.1 Å². The molecule has 5 heteroatoms. The Hall–Kier alpha value is -2.33. The molecule has 226 valence electrons. The van der Waals surface area contributed by atoms with Gasteiger partial charge in [-0.05, 0) is 99.9 Å². The Morgan fingerprint density at radius 2 is 1.57 bits per heavy atom. The Morgan fingerprint density at radius 1 is 0.952 bits per heavy atom. The highest BCUT2D eigenvalue weighted by Crippen LogP contribution is 2.64. The van der Waals surface area contributed by atoms with E-state index in [9.17, 15) is 5.53 Å². The number of benzene rings is 2. The minimum absolute atomic E-state index is 0.0450. The number of hydrogen-bond acceptors (Lipinski definition) is 2. The minimum atomic E-state index is -2.66. The third-order valence-electron chi connectivity index (χ3n) is 12.3. The third kappa shape index (κ3) is 5.31. The van der Waals surface area contributed by atoms with Crippen molar-refractivity contribution in [1.29, 1.82) is 0 Å². The summed E-state index contributed by atoms with van der Waals surface area (Å²) in [5.41, 5.74) is 11.1. The highest BCUT2D eigenvalue weighted by atomic mass is 28.4. The summed E-state index contributed by atoms with van der Waals surface area (Å²) < 4.78 is 7.73. The van der Waals surface area contributed by atoms with Crippen LogP contribution in [0.3, 0.4) is 0 Å². The van der Waals surface area contributed by atoms with E-state index in [-0.39, 0.29) is 15.9 Å². The van der Waals surface area contributed by atoms with Crippen LogP contribution < -0.4 is 10.4 Å². The quantitative estimate of drug-likeness (QED) is 0.100. The largest absolute Gasteiger partial charge is 0.407 e. The molecule has 3 aliphatic rings. The van der Waals surface area contributed by atoms with Crippen molar-refractivity contribution in [3.63, 3.8) is 0 Å². The molecular formula is C37H53N3OSi. The van der Waals surface area contributed by atoms with Crippen molar-refractivity contribution in [3.05, 3.63) is 83.3 Å². The zero-order valence-corrected chi connectivity index (χ0v) is 28.0. The smallest absolute Gasteiger partial charge is 0.261 e. The van der Waals surface area contributed by atoms with Gasteiger partial charge in [-0.15, -0.1) is 0 Å². The number of azide groups is 1. The van der Waals surface area contributed by atoms with Gasteiger partial charge < -0.3 is 4.43 Å². The van der Waals surface area contributed by atoms with E-state index < -0.39 is 8.32 Å². The maximum atomic E-state index is 9.28. The van der Waals surface area contributed by atoms with Crippen molar-refractivity contribution < 1.29 is 4.43 Å². The molecule has 0 heterocycles. The van der Waals surface area contributed by atoms with E-state index in [1.54, 1.807) is 0 Å². The SMILES string of the molecule is C=C1CC[C@H]2[C@H](CO[Si](c3ccccc3)(c3ccccc3)C(C)(C)C)[C@@H]([C@@]3(C)CC[C@H](C)C[C@@H]3CN=[N+]=[N-])CC[C@]12C. The lowest BCUT2D eigenvalue weighted by molar-refractivity contribution is -0.0777. The van der Waals surface area contributed by atoms with Crippen molar-refractivity contribution in [2.24, 2.45) is 45.5 Å². The van der Waals surface area contributed by atoms with Crippen LogP contribution in [0.4, 0.5) is 0 Å². The van der Waals surface area contributed by atoms with Gasteiger partial charge in [0.2, 0.25) is 0 Å². The van der Waals surface area contributed by atoms with Gasteiger partial charge in [-0.25, -0.2) is 0 Å². The molecule has 3 aliphatic carbocycles. The molecule has 0 N–H and O–H groups in total. The number of nitrogens with zero attached hydrogens (tertiary/aromatic N) is 3. The van der Waals surface area contributed by atoms with Gasteiger partial charge in [0.25, 0.3) is 8.32 Å². The summed E-state index contributed by atoms with van der Waals surface area (Å²) in [6, 6.07) is 22.2. The maximum absolute atomic E-state index is 9.28. The fourth-order valence-corrected chi connectivity index (χ4v) is 14.4. The molecule has 42 heavy (non-hydrogen) atoms. The molecule has 0 amide bonds. The van der Waals surface area contributed by atoms with Gasteiger partial charge in [0.15, 0.2) is 0 Å². The van der Waals surface area contributed by atoms with Crippen molar-refractivity contribution >= 4 is 18.7 Å². The molecule has 7 atom stereocenters. The summed E-state index contributed by atoms with van der Waals surface area (Å²) in [7, 11) is -2.66. The lowest BCUT2D eigenvalue weighted by Gasteiger charge is -2.57. The Bertz CT molecular complexity index is 1240. The van der Waals surface area contributed by atoms with Crippen molar-refractivity contribution in [1.82, 2.24) is 0 Å². The molecular weight excluding hydrogens is 531 g/mol. The first-order valence-corrected chi connectivity index (χ1v) is 18.3. The predicted molar refractivity (Wildman–Crippen MR) is 178 cm³/mol. The molecule has 0 aromatic heterocycles. The van der Waals surface area contributed by atoms with Crippen molar-refractivity contribution in [3.8, 4) is 0 Å². The second-order valence-electron chi connectivity index (χ2n) is 15.4. The van der Waals surface area contributed by atoms with Gasteiger partial charge in [0.1, 0.15) is 0 Å². The Morgan fingerprint density at radius 3 is 2.14 bits per heavy atom. The van der Waals surface area contributed by atoms with Gasteiger partial charge in [0, 0.05) is 18.1 Å². The molecule has 0 bridgehead atoms. The zero-order chi connectivity index (χ0) is 30.2. The van der Waals surface area contributed by atoms with Crippen LogP contribution in [0.5, 0.6) is 0 Å². The lowest BCUT2D eigenvalue weighted by atomic mass is 9.49. The number of rotatable bonds is 8. The molecule has 0 radical (unpaired) electrons. The van der Waals surface area contributed by atoms with Crippen LogP contribution in [-0.4, -0.2) is 21.5 Å². The topological polar surface area (TPSA) is 58.0 Å². The Labute approximate surface area is 256 Å². The van der Waals surface area contributed by atoms with E-state index in [2.05, 4.69) is 119 Å². The highest BCUT2D eigenvalue weighted by Gasteiger charge is 2.58. The molecule has 3 fully saturated rings. The second kappa shape index (κ2) is 12.0. The van der Waals surface area contributed by atoms with Gasteiger partial charge >= 0.3 is 0 Å². The van der Waals surface area contributed by atoms with E-state index in [1.807, 2.05) is 0 Å². The highest BCUT2D eigenvalue weighted by molar-refractivity contribution is 6.99. The summed E-state index contributed by atoms with van der Waals surface area (Å²) in [4.78, 5) is 3.22. The number of allylic oxidation sites excluding steroid dienone is 1. The first-order valence-electron chi connectivity index (χ1n) is 16.4. The first-order chi connectivity index (χ1) is 20.0. The van der Waals surface area contributed by atoms with E-state index >= 15 is 0 Å². The van der Waals surface area contributed by atoms with Crippen LogP contribution in [0.1, 0.15) is 86.5 Å². The zero-order valence-electron chi connectivity index (χ0n) is 27.0. The lowest BCUT2D eigenvalue weighted by Crippen LogP contribution is -2.67. The Kier molecular flexibility index (Phi) is 8.87. The van der Waals surface area contributed by atoms with Crippen LogP contribution in [-0.2, 0) is 4.43 Å². The van der Waals surface area contributed by atoms with Crippen LogP contribution in [0.2, 0.25) is 5.04 Å². The Balaban J connectivity index is 1.59. The summed E-state index contributed by atoms with van der Waals surface area (Å²) >= 11 is 0. The van der Waals surface area contributed by atoms with Gasteiger partial charge in [0.05, 0.1) is 0 Å². The average Bonchev–Trinajstić information content (AvgIpc) is 3.28. The predicted octanol–water partition coefficient (Wildman–Crippen LogP) is 9.31. The number of hydrogen-bond donors (Lipinski definition) is 0. The van der Waals surface area contributed by atoms with Gasteiger partial charge in [-0.2, -0.15) is 0 Å². The fourth-order valence-electron chi connectivity index (χ4n) is 9.77. The molecule has 0 aliphatic heterocycles. The molecule has 0 unspecified atom stereocenters. The molecule has 2 aromatic carbocycles. The van der Waals surface area contributed by atoms with Crippen LogP contribution in [0.15, 0.2) is 77.9 Å². The second-order valence-corrected chi connectivity index (χ2v) is 19.8. The summed E-state index contributed by atoms with van der Waals surface area (Å²) in [6.45, 7) is 20.6. The molecule has 5 rings (SSSR count). The van der Waals surface area contributed by atoms with E-state index in [0.29, 0.717) is 36.1 Å². The normalized spacial score (nSPS) is 33.6. The number of fused-ring (bicyclic) bond motifs is 1. The van der Waals surface area contributed by atoms with Gasteiger partial charge in [-0.1, -0.05) is 126 Å².